The van der Waals surface area contributed by atoms with Crippen LogP contribution in [0.25, 0.3) is 0 Å². The number of morpholine rings is 1. The number of ether oxygens (including phenoxy) is 3. The van der Waals surface area contributed by atoms with Crippen molar-refractivity contribution in [3.8, 4) is 11.5 Å². The zero-order valence-corrected chi connectivity index (χ0v) is 12.9. The third-order valence-electron chi connectivity index (χ3n) is 3.78. The molecule has 1 heterocycles. The number of methoxy groups -OCH3 is 2. The quantitative estimate of drug-likeness (QED) is 0.829. The molecule has 1 fully saturated rings. The van der Waals surface area contributed by atoms with Crippen molar-refractivity contribution in [2.75, 3.05) is 33.9 Å². The summed E-state index contributed by atoms with van der Waals surface area (Å²) in [5, 5.41) is 0. The number of nitrogens with zero attached hydrogens (tertiary/aromatic N) is 1. The van der Waals surface area contributed by atoms with Crippen LogP contribution in [0.3, 0.4) is 0 Å². The monoisotopic (exact) mass is 279 g/mol. The lowest BCUT2D eigenvalue weighted by molar-refractivity contribution is -0.0529. The minimum Gasteiger partial charge on any atom is -0.493 e. The van der Waals surface area contributed by atoms with Crippen LogP contribution in [0.2, 0.25) is 0 Å². The molecule has 1 aliphatic heterocycles. The first-order valence-corrected chi connectivity index (χ1v) is 7.19. The average Bonchev–Trinajstić information content (AvgIpc) is 2.47. The van der Waals surface area contributed by atoms with Crippen molar-refractivity contribution in [1.82, 2.24) is 4.90 Å². The highest BCUT2D eigenvalue weighted by molar-refractivity contribution is 5.42. The van der Waals surface area contributed by atoms with E-state index in [9.17, 15) is 0 Å². The SMILES string of the molecule is COc1ccc(CN2CCOC(C(C)C)C2)cc1OC. The van der Waals surface area contributed by atoms with E-state index in [0.29, 0.717) is 12.0 Å². The Labute approximate surface area is 121 Å². The summed E-state index contributed by atoms with van der Waals surface area (Å²) < 4.78 is 16.4. The van der Waals surface area contributed by atoms with Crippen molar-refractivity contribution >= 4 is 0 Å². The van der Waals surface area contributed by atoms with Gasteiger partial charge in [0.15, 0.2) is 11.5 Å². The molecule has 1 aromatic rings. The molecule has 20 heavy (non-hydrogen) atoms. The van der Waals surface area contributed by atoms with E-state index in [-0.39, 0.29) is 0 Å². The van der Waals surface area contributed by atoms with Gasteiger partial charge in [0.05, 0.1) is 26.9 Å². The van der Waals surface area contributed by atoms with E-state index < -0.39 is 0 Å². The first-order chi connectivity index (χ1) is 9.63. The Morgan fingerprint density at radius 1 is 1.25 bits per heavy atom. The van der Waals surface area contributed by atoms with Crippen molar-refractivity contribution in [3.63, 3.8) is 0 Å². The molecular weight excluding hydrogens is 254 g/mol. The fourth-order valence-electron chi connectivity index (χ4n) is 2.52. The van der Waals surface area contributed by atoms with Gasteiger partial charge in [-0.15, -0.1) is 0 Å². The van der Waals surface area contributed by atoms with Gasteiger partial charge in [-0.05, 0) is 23.6 Å². The molecule has 0 N–H and O–H groups in total. The van der Waals surface area contributed by atoms with Crippen molar-refractivity contribution in [3.05, 3.63) is 23.8 Å². The highest BCUT2D eigenvalue weighted by Crippen LogP contribution is 2.28. The Hall–Kier alpha value is -1.26. The fraction of sp³-hybridized carbons (Fsp3) is 0.625. The van der Waals surface area contributed by atoms with Gasteiger partial charge in [0.2, 0.25) is 0 Å². The first kappa shape index (κ1) is 15.1. The molecule has 1 aromatic carbocycles. The second kappa shape index (κ2) is 6.95. The second-order valence-corrected chi connectivity index (χ2v) is 5.58. The van der Waals surface area contributed by atoms with Crippen LogP contribution >= 0.6 is 0 Å². The summed E-state index contributed by atoms with van der Waals surface area (Å²) in [7, 11) is 3.33. The molecule has 4 heteroatoms. The first-order valence-electron chi connectivity index (χ1n) is 7.19. The van der Waals surface area contributed by atoms with E-state index >= 15 is 0 Å². The highest BCUT2D eigenvalue weighted by Gasteiger charge is 2.23. The van der Waals surface area contributed by atoms with Crippen molar-refractivity contribution in [2.45, 2.75) is 26.5 Å². The maximum atomic E-state index is 5.80. The van der Waals surface area contributed by atoms with Crippen molar-refractivity contribution in [1.29, 1.82) is 0 Å². The van der Waals surface area contributed by atoms with Crippen molar-refractivity contribution < 1.29 is 14.2 Å². The fourth-order valence-corrected chi connectivity index (χ4v) is 2.52. The smallest absolute Gasteiger partial charge is 0.161 e. The zero-order valence-electron chi connectivity index (χ0n) is 12.9. The Balaban J connectivity index is 2.02. The standard InChI is InChI=1S/C16H25NO3/c1-12(2)16-11-17(7-8-20-16)10-13-5-6-14(18-3)15(9-13)19-4/h5-6,9,12,16H,7-8,10-11H2,1-4H3. The van der Waals surface area contributed by atoms with E-state index in [1.807, 2.05) is 6.07 Å². The minimum absolute atomic E-state index is 0.337. The van der Waals surface area contributed by atoms with Crippen LogP contribution in [0.15, 0.2) is 18.2 Å². The Morgan fingerprint density at radius 2 is 2.00 bits per heavy atom. The Morgan fingerprint density at radius 3 is 2.65 bits per heavy atom. The summed E-state index contributed by atoms with van der Waals surface area (Å²) in [5.74, 6) is 2.13. The van der Waals surface area contributed by atoms with Crippen LogP contribution in [0.1, 0.15) is 19.4 Å². The van der Waals surface area contributed by atoms with E-state index in [4.69, 9.17) is 14.2 Å². The molecule has 1 unspecified atom stereocenters. The predicted octanol–water partition coefficient (Wildman–Crippen LogP) is 2.56. The van der Waals surface area contributed by atoms with Gasteiger partial charge in [-0.3, -0.25) is 4.90 Å². The summed E-state index contributed by atoms with van der Waals surface area (Å²) >= 11 is 0. The van der Waals surface area contributed by atoms with Crippen LogP contribution in [0.5, 0.6) is 11.5 Å². The number of hydrogen-bond donors (Lipinski definition) is 0. The van der Waals surface area contributed by atoms with Crippen LogP contribution in [0, 0.1) is 5.92 Å². The normalized spacial score (nSPS) is 20.1. The lowest BCUT2D eigenvalue weighted by Crippen LogP contribution is -2.44. The topological polar surface area (TPSA) is 30.9 Å². The van der Waals surface area contributed by atoms with Gasteiger partial charge in [0, 0.05) is 19.6 Å². The lowest BCUT2D eigenvalue weighted by Gasteiger charge is -2.35. The molecule has 0 aliphatic carbocycles. The predicted molar refractivity (Wildman–Crippen MR) is 79.4 cm³/mol. The molecule has 0 radical (unpaired) electrons. The van der Waals surface area contributed by atoms with Gasteiger partial charge in [0.25, 0.3) is 0 Å². The molecule has 4 nitrogen and oxygen atoms in total. The molecular formula is C16H25NO3. The number of benzene rings is 1. The maximum absolute atomic E-state index is 5.80. The van der Waals surface area contributed by atoms with E-state index in [1.165, 1.54) is 5.56 Å². The van der Waals surface area contributed by atoms with Crippen LogP contribution < -0.4 is 9.47 Å². The highest BCUT2D eigenvalue weighted by atomic mass is 16.5. The van der Waals surface area contributed by atoms with Gasteiger partial charge >= 0.3 is 0 Å². The van der Waals surface area contributed by atoms with Crippen molar-refractivity contribution in [2.24, 2.45) is 5.92 Å². The van der Waals surface area contributed by atoms with Crippen LogP contribution in [0.4, 0.5) is 0 Å². The molecule has 0 amide bonds. The molecule has 112 valence electrons. The average molecular weight is 279 g/mol. The summed E-state index contributed by atoms with van der Waals surface area (Å²) in [6.45, 7) is 8.14. The molecule has 1 aliphatic rings. The molecule has 0 saturated carbocycles. The second-order valence-electron chi connectivity index (χ2n) is 5.58. The van der Waals surface area contributed by atoms with Gasteiger partial charge < -0.3 is 14.2 Å². The summed E-state index contributed by atoms with van der Waals surface area (Å²) in [6, 6.07) is 6.12. The summed E-state index contributed by atoms with van der Waals surface area (Å²) in [6.07, 6.45) is 0.337. The largest absolute Gasteiger partial charge is 0.493 e. The van der Waals surface area contributed by atoms with Gasteiger partial charge in [-0.2, -0.15) is 0 Å². The molecule has 0 aromatic heterocycles. The summed E-state index contributed by atoms with van der Waals surface area (Å²) in [4.78, 5) is 2.44. The van der Waals surface area contributed by atoms with E-state index in [1.54, 1.807) is 14.2 Å². The molecule has 2 rings (SSSR count). The Kier molecular flexibility index (Phi) is 5.26. The number of hydrogen-bond acceptors (Lipinski definition) is 4. The van der Waals surface area contributed by atoms with Gasteiger partial charge in [-0.1, -0.05) is 19.9 Å². The van der Waals surface area contributed by atoms with E-state index in [0.717, 1.165) is 37.7 Å². The lowest BCUT2D eigenvalue weighted by atomic mass is 10.1. The molecule has 1 saturated heterocycles. The van der Waals surface area contributed by atoms with Crippen LogP contribution in [-0.2, 0) is 11.3 Å². The van der Waals surface area contributed by atoms with Gasteiger partial charge in [-0.25, -0.2) is 0 Å². The summed E-state index contributed by atoms with van der Waals surface area (Å²) in [5.41, 5.74) is 1.24. The third kappa shape index (κ3) is 3.64. The number of rotatable bonds is 5. The molecule has 1 atom stereocenters. The zero-order chi connectivity index (χ0) is 14.5. The van der Waals surface area contributed by atoms with Gasteiger partial charge in [0.1, 0.15) is 0 Å². The molecule has 0 spiro atoms. The van der Waals surface area contributed by atoms with Crippen LogP contribution in [-0.4, -0.2) is 44.9 Å². The maximum Gasteiger partial charge on any atom is 0.161 e. The third-order valence-corrected chi connectivity index (χ3v) is 3.78. The Bertz CT molecular complexity index is 434. The van der Waals surface area contributed by atoms with E-state index in [2.05, 4.69) is 30.9 Å². The molecule has 0 bridgehead atoms. The minimum atomic E-state index is 0.337.